The summed E-state index contributed by atoms with van der Waals surface area (Å²) in [6.07, 6.45) is 2.06. The first-order valence-electron chi connectivity index (χ1n) is 10.8. The van der Waals surface area contributed by atoms with Gasteiger partial charge in [-0.1, -0.05) is 36.0 Å². The summed E-state index contributed by atoms with van der Waals surface area (Å²) >= 11 is 1.23. The van der Waals surface area contributed by atoms with E-state index in [4.69, 9.17) is 14.5 Å². The molecule has 2 N–H and O–H groups in total. The molecule has 1 aliphatic heterocycles. The van der Waals surface area contributed by atoms with Crippen LogP contribution in [-0.2, 0) is 9.53 Å². The van der Waals surface area contributed by atoms with Gasteiger partial charge in [0.2, 0.25) is 5.91 Å². The van der Waals surface area contributed by atoms with Gasteiger partial charge in [-0.25, -0.2) is 4.98 Å². The molecule has 4 aromatic rings. The van der Waals surface area contributed by atoms with E-state index >= 15 is 0 Å². The highest BCUT2D eigenvalue weighted by atomic mass is 32.2. The highest BCUT2D eigenvalue weighted by Gasteiger charge is 2.20. The molecule has 1 fully saturated rings. The molecule has 8 nitrogen and oxygen atoms in total. The summed E-state index contributed by atoms with van der Waals surface area (Å²) in [4.78, 5) is 34.1. The first-order valence-corrected chi connectivity index (χ1v) is 11.8. The summed E-state index contributed by atoms with van der Waals surface area (Å²) in [6, 6.07) is 14.9. The van der Waals surface area contributed by atoms with Crippen molar-refractivity contribution in [1.82, 2.24) is 19.9 Å². The van der Waals surface area contributed by atoms with Crippen molar-refractivity contribution in [3.8, 4) is 11.4 Å². The SMILES string of the molecule is COc1cccc(-n2c(SCC(=O)NC[C@H]3CCCO3)nc3c([nH]c4ccccc43)c2=O)c1. The molecule has 1 amide bonds. The minimum absolute atomic E-state index is 0.0783. The number of aromatic amines is 1. The lowest BCUT2D eigenvalue weighted by Crippen LogP contribution is -2.33. The number of rotatable bonds is 7. The van der Waals surface area contributed by atoms with Crippen LogP contribution < -0.4 is 15.6 Å². The summed E-state index contributed by atoms with van der Waals surface area (Å²) in [7, 11) is 1.58. The number of nitrogens with zero attached hydrogens (tertiary/aromatic N) is 2. The molecule has 0 spiro atoms. The van der Waals surface area contributed by atoms with Crippen LogP contribution in [0.25, 0.3) is 27.6 Å². The zero-order valence-electron chi connectivity index (χ0n) is 18.2. The molecule has 1 aliphatic rings. The molecule has 0 aliphatic carbocycles. The van der Waals surface area contributed by atoms with Crippen LogP contribution in [0.2, 0.25) is 0 Å². The van der Waals surface area contributed by atoms with Crippen LogP contribution in [0.1, 0.15) is 12.8 Å². The largest absolute Gasteiger partial charge is 0.497 e. The van der Waals surface area contributed by atoms with Crippen molar-refractivity contribution in [2.75, 3.05) is 26.0 Å². The molecule has 3 heterocycles. The van der Waals surface area contributed by atoms with Crippen molar-refractivity contribution in [3.05, 3.63) is 58.9 Å². The van der Waals surface area contributed by atoms with Gasteiger partial charge < -0.3 is 19.8 Å². The summed E-state index contributed by atoms with van der Waals surface area (Å²) in [5, 5.41) is 4.23. The van der Waals surface area contributed by atoms with Gasteiger partial charge in [-0.05, 0) is 31.0 Å². The Kier molecular flexibility index (Phi) is 6.06. The number of carbonyl (C=O) groups excluding carboxylic acids is 1. The fourth-order valence-electron chi connectivity index (χ4n) is 4.03. The average molecular weight is 465 g/mol. The molecule has 0 saturated carbocycles. The van der Waals surface area contributed by atoms with Gasteiger partial charge in [0.05, 0.1) is 24.7 Å². The van der Waals surface area contributed by atoms with E-state index in [1.807, 2.05) is 42.5 Å². The fourth-order valence-corrected chi connectivity index (χ4v) is 4.87. The number of fused-ring (bicyclic) bond motifs is 3. The van der Waals surface area contributed by atoms with Gasteiger partial charge in [0.25, 0.3) is 5.56 Å². The van der Waals surface area contributed by atoms with Crippen molar-refractivity contribution in [2.45, 2.75) is 24.1 Å². The quantitative estimate of drug-likeness (QED) is 0.322. The number of thioether (sulfide) groups is 1. The van der Waals surface area contributed by atoms with Gasteiger partial charge in [-0.3, -0.25) is 14.2 Å². The minimum atomic E-state index is -0.230. The summed E-state index contributed by atoms with van der Waals surface area (Å²) in [5.41, 5.74) is 2.25. The second kappa shape index (κ2) is 9.29. The fraction of sp³-hybridized carbons (Fsp3) is 0.292. The number of H-pyrrole nitrogens is 1. The number of benzene rings is 2. The van der Waals surface area contributed by atoms with Crippen molar-refractivity contribution < 1.29 is 14.3 Å². The van der Waals surface area contributed by atoms with Gasteiger partial charge >= 0.3 is 0 Å². The maximum absolute atomic E-state index is 13.6. The highest BCUT2D eigenvalue weighted by Crippen LogP contribution is 2.27. The molecule has 0 radical (unpaired) electrons. The van der Waals surface area contributed by atoms with Crippen molar-refractivity contribution >= 4 is 39.6 Å². The van der Waals surface area contributed by atoms with Gasteiger partial charge in [0.1, 0.15) is 16.8 Å². The topological polar surface area (TPSA) is 98.2 Å². The predicted octanol–water partition coefficient (Wildman–Crippen LogP) is 3.26. The number of hydrogen-bond donors (Lipinski definition) is 2. The van der Waals surface area contributed by atoms with Crippen molar-refractivity contribution in [3.63, 3.8) is 0 Å². The monoisotopic (exact) mass is 464 g/mol. The zero-order chi connectivity index (χ0) is 22.8. The van der Waals surface area contributed by atoms with E-state index in [1.165, 1.54) is 16.3 Å². The summed E-state index contributed by atoms with van der Waals surface area (Å²) in [6.45, 7) is 1.24. The van der Waals surface area contributed by atoms with Gasteiger partial charge in [0, 0.05) is 30.1 Å². The molecule has 33 heavy (non-hydrogen) atoms. The van der Waals surface area contributed by atoms with Gasteiger partial charge in [-0.2, -0.15) is 0 Å². The van der Waals surface area contributed by atoms with Gasteiger partial charge in [0.15, 0.2) is 5.16 Å². The van der Waals surface area contributed by atoms with Crippen LogP contribution in [0.15, 0.2) is 58.5 Å². The second-order valence-electron chi connectivity index (χ2n) is 7.86. The number of amides is 1. The van der Waals surface area contributed by atoms with E-state index < -0.39 is 0 Å². The summed E-state index contributed by atoms with van der Waals surface area (Å²) in [5.74, 6) is 0.638. The van der Waals surface area contributed by atoms with Crippen LogP contribution in [-0.4, -0.2) is 52.6 Å². The predicted molar refractivity (Wildman–Crippen MR) is 128 cm³/mol. The number of methoxy groups -OCH3 is 1. The number of aromatic nitrogens is 3. The Morgan fingerprint density at radius 1 is 1.30 bits per heavy atom. The number of nitrogens with one attached hydrogen (secondary N) is 2. The smallest absolute Gasteiger partial charge is 0.283 e. The van der Waals surface area contributed by atoms with E-state index in [1.54, 1.807) is 13.2 Å². The van der Waals surface area contributed by atoms with E-state index in [0.29, 0.717) is 34.2 Å². The molecular formula is C24H24N4O4S. The number of ether oxygens (including phenoxy) is 2. The van der Waals surface area contributed by atoms with Crippen LogP contribution in [0.5, 0.6) is 5.75 Å². The molecular weight excluding hydrogens is 440 g/mol. The maximum atomic E-state index is 13.6. The average Bonchev–Trinajstić information content (AvgIpc) is 3.50. The lowest BCUT2D eigenvalue weighted by atomic mass is 10.2. The number of carbonyl (C=O) groups is 1. The van der Waals surface area contributed by atoms with Crippen LogP contribution in [0, 0.1) is 0 Å². The lowest BCUT2D eigenvalue weighted by molar-refractivity contribution is -0.119. The maximum Gasteiger partial charge on any atom is 0.283 e. The normalized spacial score (nSPS) is 15.8. The minimum Gasteiger partial charge on any atom is -0.497 e. The molecule has 5 rings (SSSR count). The Labute approximate surface area is 194 Å². The Morgan fingerprint density at radius 2 is 2.18 bits per heavy atom. The lowest BCUT2D eigenvalue weighted by Gasteiger charge is -2.14. The molecule has 0 unspecified atom stereocenters. The van der Waals surface area contributed by atoms with E-state index in [0.717, 1.165) is 30.4 Å². The molecule has 2 aromatic carbocycles. The standard InChI is InChI=1S/C24H24N4O4S/c1-31-16-7-4-6-15(12-16)28-23(30)22-21(18-9-2-3-10-19(18)26-22)27-24(28)33-14-20(29)25-13-17-8-5-11-32-17/h2-4,6-7,9-10,12,17,26H,5,8,11,13-14H2,1H3,(H,25,29)/t17-/m1/s1. The van der Waals surface area contributed by atoms with Crippen molar-refractivity contribution in [1.29, 1.82) is 0 Å². The van der Waals surface area contributed by atoms with Crippen LogP contribution in [0.4, 0.5) is 0 Å². The number of para-hydroxylation sites is 1. The third-order valence-electron chi connectivity index (χ3n) is 5.69. The third-order valence-corrected chi connectivity index (χ3v) is 6.63. The first-order chi connectivity index (χ1) is 16.1. The molecule has 9 heteroatoms. The van der Waals surface area contributed by atoms with E-state index in [9.17, 15) is 9.59 Å². The molecule has 2 aromatic heterocycles. The van der Waals surface area contributed by atoms with Crippen LogP contribution in [0.3, 0.4) is 0 Å². The Balaban J connectivity index is 1.52. The number of hydrogen-bond acceptors (Lipinski definition) is 6. The molecule has 1 atom stereocenters. The second-order valence-corrected chi connectivity index (χ2v) is 8.80. The molecule has 0 bridgehead atoms. The van der Waals surface area contributed by atoms with E-state index in [2.05, 4.69) is 10.3 Å². The Bertz CT molecular complexity index is 1370. The van der Waals surface area contributed by atoms with Crippen molar-refractivity contribution in [2.24, 2.45) is 0 Å². The van der Waals surface area contributed by atoms with Crippen LogP contribution >= 0.6 is 11.8 Å². The Morgan fingerprint density at radius 3 is 3.00 bits per heavy atom. The third kappa shape index (κ3) is 4.34. The summed E-state index contributed by atoms with van der Waals surface area (Å²) < 4.78 is 12.4. The molecule has 170 valence electrons. The Hall–Kier alpha value is -3.30. The zero-order valence-corrected chi connectivity index (χ0v) is 19.0. The highest BCUT2D eigenvalue weighted by molar-refractivity contribution is 7.99. The molecule has 1 saturated heterocycles. The van der Waals surface area contributed by atoms with E-state index in [-0.39, 0.29) is 23.3 Å². The first kappa shape index (κ1) is 21.5. The van der Waals surface area contributed by atoms with Gasteiger partial charge in [-0.15, -0.1) is 0 Å².